The Kier molecular flexibility index (Phi) is 5.13. The summed E-state index contributed by atoms with van der Waals surface area (Å²) in [5.41, 5.74) is 16.2. The number of hydrogen-bond donors (Lipinski definition) is 0. The van der Waals surface area contributed by atoms with Gasteiger partial charge in [0.15, 0.2) is 0 Å². The molecule has 0 aliphatic heterocycles. The first-order chi connectivity index (χ1) is 21.9. The van der Waals surface area contributed by atoms with Crippen LogP contribution in [0.3, 0.4) is 0 Å². The predicted octanol–water partition coefficient (Wildman–Crippen LogP) is 12.9. The van der Waals surface area contributed by atoms with Crippen LogP contribution in [0.4, 0.5) is 0 Å². The molecule has 6 aromatic carbocycles. The Balaban J connectivity index is 1.30. The van der Waals surface area contributed by atoms with Gasteiger partial charge in [0.2, 0.25) is 0 Å². The third kappa shape index (κ3) is 3.27. The normalized spacial score (nSPS) is 12.1. The molecule has 2 heteroatoms. The van der Waals surface area contributed by atoms with E-state index in [2.05, 4.69) is 146 Å². The van der Waals surface area contributed by atoms with Crippen molar-refractivity contribution < 1.29 is 0 Å². The minimum Gasteiger partial charge on any atom is -0.134 e. The summed E-state index contributed by atoms with van der Waals surface area (Å²) in [5, 5.41) is 2.82. The highest BCUT2D eigenvalue weighted by Gasteiger charge is 2.37. The highest BCUT2D eigenvalue weighted by atomic mass is 32.1. The molecule has 2 aliphatic carbocycles. The summed E-state index contributed by atoms with van der Waals surface area (Å²) in [6, 6.07) is 53.4. The van der Waals surface area contributed by atoms with Crippen molar-refractivity contribution in [1.29, 1.82) is 0 Å². The van der Waals surface area contributed by atoms with E-state index in [9.17, 15) is 0 Å². The average Bonchev–Trinajstić information content (AvgIpc) is 3.84. The van der Waals surface area contributed by atoms with E-state index in [1.807, 2.05) is 22.7 Å². The molecule has 0 spiro atoms. The van der Waals surface area contributed by atoms with Crippen LogP contribution < -0.4 is 0 Å². The van der Waals surface area contributed by atoms with Crippen molar-refractivity contribution in [2.45, 2.75) is 0 Å². The van der Waals surface area contributed by atoms with Gasteiger partial charge in [-0.2, -0.15) is 0 Å². The van der Waals surface area contributed by atoms with Crippen LogP contribution in [0, 0.1) is 0 Å². The Labute approximate surface area is 264 Å². The van der Waals surface area contributed by atoms with Crippen molar-refractivity contribution in [3.63, 3.8) is 0 Å². The minimum absolute atomic E-state index is 1.28. The lowest BCUT2D eigenvalue weighted by Crippen LogP contribution is -1.82. The fourth-order valence-corrected chi connectivity index (χ4v) is 10.1. The average molecular weight is 593 g/mol. The Morgan fingerprint density at radius 2 is 0.477 bits per heavy atom. The van der Waals surface area contributed by atoms with Crippen molar-refractivity contribution in [2.75, 3.05) is 0 Å². The van der Waals surface area contributed by atoms with Gasteiger partial charge in [0, 0.05) is 41.8 Å². The van der Waals surface area contributed by atoms with Crippen LogP contribution in [0.5, 0.6) is 0 Å². The van der Waals surface area contributed by atoms with Crippen LogP contribution in [0.2, 0.25) is 0 Å². The molecule has 0 bridgehead atoms. The summed E-state index contributed by atoms with van der Waals surface area (Å²) in [6.07, 6.45) is 0. The van der Waals surface area contributed by atoms with Crippen LogP contribution in [0.15, 0.2) is 146 Å². The number of hydrogen-bond acceptors (Lipinski definition) is 2. The van der Waals surface area contributed by atoms with Gasteiger partial charge in [-0.15, -0.1) is 22.7 Å². The van der Waals surface area contributed by atoms with E-state index in [4.69, 9.17) is 0 Å². The Morgan fingerprint density at radius 1 is 0.250 bits per heavy atom. The van der Waals surface area contributed by atoms with E-state index in [0.29, 0.717) is 0 Å². The summed E-state index contributed by atoms with van der Waals surface area (Å²) >= 11 is 3.86. The van der Waals surface area contributed by atoms with Crippen LogP contribution in [0.25, 0.3) is 97.0 Å². The number of rotatable bonds is 4. The summed E-state index contributed by atoms with van der Waals surface area (Å²) in [7, 11) is 0. The molecule has 0 saturated heterocycles. The maximum Gasteiger partial charge on any atom is 0.0434 e. The first-order valence-corrected chi connectivity index (χ1v) is 16.7. The second-order valence-electron chi connectivity index (χ2n) is 11.6. The SMILES string of the molecule is c1ccc(-c2sc(-c3ccccc3)c3c2-c2ccc4c5c(ccc-3c25)-c2c(-c3ccccc3)sc(-c3ccccc3)c2-4)cc1. The van der Waals surface area contributed by atoms with Crippen molar-refractivity contribution in [3.05, 3.63) is 146 Å². The highest BCUT2D eigenvalue weighted by molar-refractivity contribution is 7.20. The fourth-order valence-electron chi connectivity index (χ4n) is 7.39. The van der Waals surface area contributed by atoms with Crippen molar-refractivity contribution in [3.8, 4) is 86.3 Å². The van der Waals surface area contributed by atoms with Gasteiger partial charge in [-0.05, 0) is 55.3 Å². The standard InChI is InChI=1S/C42H24S2/c1-5-13-25(14-6-1)39-35-29-21-22-31-34-32(24-23-30(33(29)34)36(35)40(43-39)26-15-7-2-8-16-26)38-37(31)41(27-17-9-3-10-18-27)44-42(38)28-19-11-4-12-20-28/h1-24H. The summed E-state index contributed by atoms with van der Waals surface area (Å²) in [4.78, 5) is 5.42. The molecule has 2 heterocycles. The van der Waals surface area contributed by atoms with Gasteiger partial charge in [0.25, 0.3) is 0 Å². The van der Waals surface area contributed by atoms with Gasteiger partial charge in [-0.1, -0.05) is 146 Å². The fraction of sp³-hybridized carbons (Fsp3) is 0. The lowest BCUT2D eigenvalue weighted by molar-refractivity contribution is 1.68. The molecule has 0 unspecified atom stereocenters. The van der Waals surface area contributed by atoms with Gasteiger partial charge in [0.05, 0.1) is 0 Å². The van der Waals surface area contributed by atoms with Crippen molar-refractivity contribution in [1.82, 2.24) is 0 Å². The third-order valence-electron chi connectivity index (χ3n) is 9.20. The molecule has 0 N–H and O–H groups in total. The molecule has 0 nitrogen and oxygen atoms in total. The quantitative estimate of drug-likeness (QED) is 0.191. The van der Waals surface area contributed by atoms with Crippen LogP contribution in [-0.2, 0) is 0 Å². The summed E-state index contributed by atoms with van der Waals surface area (Å²) < 4.78 is 0. The Morgan fingerprint density at radius 3 is 0.705 bits per heavy atom. The summed E-state index contributed by atoms with van der Waals surface area (Å²) in [5.74, 6) is 0. The van der Waals surface area contributed by atoms with E-state index in [1.165, 1.54) is 97.0 Å². The lowest BCUT2D eigenvalue weighted by Gasteiger charge is -2.10. The number of fused-ring (bicyclic) bond motifs is 6. The minimum atomic E-state index is 1.28. The largest absolute Gasteiger partial charge is 0.134 e. The van der Waals surface area contributed by atoms with Crippen LogP contribution in [0.1, 0.15) is 0 Å². The molecule has 0 radical (unpaired) electrons. The van der Waals surface area contributed by atoms with E-state index >= 15 is 0 Å². The maximum absolute atomic E-state index is 2.41. The molecular formula is C42H24S2. The topological polar surface area (TPSA) is 0 Å². The summed E-state index contributed by atoms with van der Waals surface area (Å²) in [6.45, 7) is 0. The molecule has 2 aliphatic rings. The zero-order valence-corrected chi connectivity index (χ0v) is 25.3. The molecule has 44 heavy (non-hydrogen) atoms. The molecule has 2 aromatic heterocycles. The molecule has 0 fully saturated rings. The van der Waals surface area contributed by atoms with Gasteiger partial charge in [-0.25, -0.2) is 0 Å². The first-order valence-electron chi connectivity index (χ1n) is 15.0. The second kappa shape index (κ2) is 9.24. The van der Waals surface area contributed by atoms with Gasteiger partial charge >= 0.3 is 0 Å². The van der Waals surface area contributed by atoms with Crippen LogP contribution >= 0.6 is 22.7 Å². The molecule has 0 atom stereocenters. The highest BCUT2D eigenvalue weighted by Crippen LogP contribution is 2.65. The van der Waals surface area contributed by atoms with Crippen LogP contribution in [-0.4, -0.2) is 0 Å². The van der Waals surface area contributed by atoms with Gasteiger partial charge in [-0.3, -0.25) is 0 Å². The van der Waals surface area contributed by atoms with E-state index in [1.54, 1.807) is 0 Å². The van der Waals surface area contributed by atoms with Gasteiger partial charge in [0.1, 0.15) is 0 Å². The second-order valence-corrected chi connectivity index (χ2v) is 13.6. The van der Waals surface area contributed by atoms with E-state index in [-0.39, 0.29) is 0 Å². The number of benzene rings is 6. The lowest BCUT2D eigenvalue weighted by atomic mass is 9.96. The molecule has 0 saturated carbocycles. The zero-order chi connectivity index (χ0) is 28.8. The van der Waals surface area contributed by atoms with Crippen molar-refractivity contribution in [2.24, 2.45) is 0 Å². The predicted molar refractivity (Wildman–Crippen MR) is 190 cm³/mol. The monoisotopic (exact) mass is 592 g/mol. The first kappa shape index (κ1) is 24.4. The molecule has 10 rings (SSSR count). The third-order valence-corrected chi connectivity index (χ3v) is 11.8. The molecule has 0 amide bonds. The smallest absolute Gasteiger partial charge is 0.0434 e. The zero-order valence-electron chi connectivity index (χ0n) is 23.7. The molecular weight excluding hydrogens is 569 g/mol. The van der Waals surface area contributed by atoms with Crippen molar-refractivity contribution >= 4 is 33.4 Å². The Bertz CT molecular complexity index is 2060. The Hall–Kier alpha value is -5.02. The van der Waals surface area contributed by atoms with E-state index in [0.717, 1.165) is 0 Å². The number of thiophene rings is 2. The van der Waals surface area contributed by atoms with E-state index < -0.39 is 0 Å². The maximum atomic E-state index is 2.41. The molecule has 204 valence electrons. The van der Waals surface area contributed by atoms with Gasteiger partial charge < -0.3 is 0 Å². The molecule has 8 aromatic rings.